The van der Waals surface area contributed by atoms with Crippen molar-refractivity contribution in [3.05, 3.63) is 0 Å². The van der Waals surface area contributed by atoms with Gasteiger partial charge in [0.15, 0.2) is 0 Å². The lowest BCUT2D eigenvalue weighted by Crippen LogP contribution is -1.82. The lowest BCUT2D eigenvalue weighted by Gasteiger charge is -1.91. The molecule has 0 heterocycles. The normalized spacial score (nSPS) is 10.8. The summed E-state index contributed by atoms with van der Waals surface area (Å²) < 4.78 is -1.61. The molecule has 10 heavy (non-hydrogen) atoms. The molecule has 0 radical (unpaired) electrons. The van der Waals surface area contributed by atoms with Gasteiger partial charge in [-0.1, -0.05) is 46.4 Å². The first kappa shape index (κ1) is 14.5. The zero-order valence-electron chi connectivity index (χ0n) is 4.43. The molecule has 0 saturated carbocycles. The van der Waals surface area contributed by atoms with E-state index in [9.17, 15) is 0 Å². The van der Waals surface area contributed by atoms with Gasteiger partial charge in [-0.05, 0) is 0 Å². The molecule has 0 amide bonds. The Morgan fingerprint density at radius 1 is 1.00 bits per heavy atom. The van der Waals surface area contributed by atoms with Crippen LogP contribution in [0.1, 0.15) is 0 Å². The minimum Gasteiger partial charge on any atom is -0.124 e. The van der Waals surface area contributed by atoms with E-state index in [2.05, 4.69) is 0 Å². The van der Waals surface area contributed by atoms with Gasteiger partial charge in [0.05, 0.1) is 5.88 Å². The summed E-state index contributed by atoms with van der Waals surface area (Å²) >= 11 is 34.6. The van der Waals surface area contributed by atoms with Crippen LogP contribution in [0.2, 0.25) is 0 Å². The van der Waals surface area contributed by atoms with Crippen LogP contribution in [-0.2, 0) is 0 Å². The molecule has 7 heteroatoms. The molecule has 0 aromatic carbocycles. The second kappa shape index (κ2) is 7.67. The molecular weight excluding hydrogens is 284 g/mol. The van der Waals surface area contributed by atoms with Crippen molar-refractivity contribution >= 4 is 81.2 Å². The Morgan fingerprint density at radius 2 is 1.10 bits per heavy atom. The Hall–Kier alpha value is 2.03. The van der Waals surface area contributed by atoms with Crippen molar-refractivity contribution in [2.45, 2.75) is 8.09 Å². The summed E-state index contributed by atoms with van der Waals surface area (Å²) in [5.74, 6) is 0.309. The molecule has 0 aromatic heterocycles. The fourth-order valence-corrected chi connectivity index (χ4v) is 0. The van der Waals surface area contributed by atoms with Crippen molar-refractivity contribution in [1.29, 1.82) is 0 Å². The molecule has 0 unspecified atom stereocenters. The second-order valence-electron chi connectivity index (χ2n) is 0.974. The molecule has 0 aliphatic carbocycles. The molecule has 0 nitrogen and oxygen atoms in total. The van der Waals surface area contributed by atoms with Crippen LogP contribution in [0.5, 0.6) is 0 Å². The van der Waals surface area contributed by atoms with Crippen molar-refractivity contribution < 1.29 is 0 Å². The average molecular weight is 287 g/mol. The minimum atomic E-state index is -1.61. The lowest BCUT2D eigenvalue weighted by molar-refractivity contribution is 1.40. The highest BCUT2D eigenvalue weighted by molar-refractivity contribution is 6.83. The molecule has 0 fully saturated rings. The Bertz CT molecular complexity index is 57.7. The van der Waals surface area contributed by atoms with E-state index < -0.39 is 8.09 Å². The van der Waals surface area contributed by atoms with Crippen molar-refractivity contribution in [2.24, 2.45) is 0 Å². The summed E-state index contributed by atoms with van der Waals surface area (Å²) in [6.45, 7) is 0. The topological polar surface area (TPSA) is 0 Å². The fourth-order valence-electron chi connectivity index (χ4n) is 0. The zero-order chi connectivity index (χ0) is 8.78. The fraction of sp³-hybridized carbons (Fsp3) is 1.00. The third-order valence-electron chi connectivity index (χ3n) is 0.117. The van der Waals surface area contributed by atoms with Crippen molar-refractivity contribution in [3.8, 4) is 0 Å². The molecule has 0 spiro atoms. The molecule has 0 aromatic rings. The largest absolute Gasteiger partial charge is 0.266 e. The highest BCUT2D eigenvalue weighted by Gasteiger charge is 2.11. The van der Waals surface area contributed by atoms with Crippen LogP contribution in [-0.4, -0.2) is 14.0 Å². The summed E-state index contributed by atoms with van der Waals surface area (Å²) in [5, 5.41) is 0. The summed E-state index contributed by atoms with van der Waals surface area (Å²) in [4.78, 5) is -0.406. The molecular formula is C3H3Cl7. The maximum Gasteiger partial charge on any atom is 0.266 e. The zero-order valence-corrected chi connectivity index (χ0v) is 9.72. The standard InChI is InChI=1S/C2H3Cl3.CCl4/c3-1-2(4)5;2-1(3,4)5/h2H,1H2;. The number of hydrogen-bond acceptors (Lipinski definition) is 0. The summed E-state index contributed by atoms with van der Waals surface area (Å²) in [6, 6.07) is 0. The van der Waals surface area contributed by atoms with Gasteiger partial charge in [-0.15, -0.1) is 34.8 Å². The van der Waals surface area contributed by atoms with Crippen LogP contribution in [0.15, 0.2) is 0 Å². The van der Waals surface area contributed by atoms with Gasteiger partial charge >= 0.3 is 0 Å². The van der Waals surface area contributed by atoms with E-state index in [1.165, 1.54) is 0 Å². The van der Waals surface area contributed by atoms with Gasteiger partial charge in [0.1, 0.15) is 4.84 Å². The SMILES string of the molecule is ClC(Cl)(Cl)Cl.ClCC(Cl)Cl. The minimum absolute atomic E-state index is 0.309. The molecule has 0 atom stereocenters. The Balaban J connectivity index is 0. The predicted molar refractivity (Wildman–Crippen MR) is 52.4 cm³/mol. The molecule has 0 rings (SSSR count). The van der Waals surface area contributed by atoms with Gasteiger partial charge < -0.3 is 0 Å². The number of alkyl halides is 7. The van der Waals surface area contributed by atoms with E-state index in [0.29, 0.717) is 5.88 Å². The molecule has 0 N–H and O–H groups in total. The lowest BCUT2D eigenvalue weighted by atomic mass is 10.9. The van der Waals surface area contributed by atoms with Crippen LogP contribution >= 0.6 is 81.2 Å². The van der Waals surface area contributed by atoms with Gasteiger partial charge in [-0.3, -0.25) is 0 Å². The van der Waals surface area contributed by atoms with E-state index in [4.69, 9.17) is 81.2 Å². The highest BCUT2D eigenvalue weighted by Crippen LogP contribution is 2.29. The van der Waals surface area contributed by atoms with Gasteiger partial charge in [0.25, 0.3) is 3.25 Å². The molecule has 0 bridgehead atoms. The van der Waals surface area contributed by atoms with E-state index >= 15 is 0 Å². The first-order valence-corrected chi connectivity index (χ1v) is 4.79. The van der Waals surface area contributed by atoms with Crippen molar-refractivity contribution in [1.82, 2.24) is 0 Å². The van der Waals surface area contributed by atoms with E-state index in [1.54, 1.807) is 0 Å². The monoisotopic (exact) mass is 284 g/mol. The maximum absolute atomic E-state index is 5.10. The van der Waals surface area contributed by atoms with Crippen LogP contribution in [0.4, 0.5) is 0 Å². The summed E-state index contributed by atoms with van der Waals surface area (Å²) in [6.07, 6.45) is 0. The van der Waals surface area contributed by atoms with Crippen LogP contribution in [0, 0.1) is 0 Å². The number of halogens is 7. The van der Waals surface area contributed by atoms with Crippen molar-refractivity contribution in [2.75, 3.05) is 5.88 Å². The number of hydrogen-bond donors (Lipinski definition) is 0. The Morgan fingerprint density at radius 3 is 1.10 bits per heavy atom. The Labute approximate surface area is 94.6 Å². The Kier molecular flexibility index (Phi) is 11.2. The third kappa shape index (κ3) is 50.4. The quantitative estimate of drug-likeness (QED) is 0.619. The van der Waals surface area contributed by atoms with E-state index in [-0.39, 0.29) is 0 Å². The van der Waals surface area contributed by atoms with Gasteiger partial charge in [0, 0.05) is 0 Å². The van der Waals surface area contributed by atoms with E-state index in [1.807, 2.05) is 0 Å². The third-order valence-corrected chi connectivity index (χ3v) is 1.05. The summed E-state index contributed by atoms with van der Waals surface area (Å²) in [7, 11) is 0. The van der Waals surface area contributed by atoms with Gasteiger partial charge in [-0.25, -0.2) is 0 Å². The smallest absolute Gasteiger partial charge is 0.124 e. The van der Waals surface area contributed by atoms with Crippen molar-refractivity contribution in [3.63, 3.8) is 0 Å². The van der Waals surface area contributed by atoms with Gasteiger partial charge in [-0.2, -0.15) is 0 Å². The molecule has 0 saturated heterocycles. The predicted octanol–water partition coefficient (Wildman–Crippen LogP) is 4.58. The first-order valence-electron chi connectivity index (χ1n) is 1.87. The molecule has 64 valence electrons. The van der Waals surface area contributed by atoms with Crippen LogP contribution < -0.4 is 0 Å². The number of rotatable bonds is 1. The maximum atomic E-state index is 5.10. The first-order chi connectivity index (χ1) is 4.27. The van der Waals surface area contributed by atoms with Crippen LogP contribution in [0.25, 0.3) is 0 Å². The summed E-state index contributed by atoms with van der Waals surface area (Å²) in [5.41, 5.74) is 0. The van der Waals surface area contributed by atoms with Crippen LogP contribution in [0.3, 0.4) is 0 Å². The molecule has 0 aliphatic heterocycles. The molecule has 0 aliphatic rings. The highest BCUT2D eigenvalue weighted by atomic mass is 35.6. The van der Waals surface area contributed by atoms with Gasteiger partial charge in [0.2, 0.25) is 0 Å². The second-order valence-corrected chi connectivity index (χ2v) is 5.99. The average Bonchev–Trinajstić information content (AvgIpc) is 1.61. The van der Waals surface area contributed by atoms with E-state index in [0.717, 1.165) is 0 Å².